The Morgan fingerprint density at radius 2 is 2.00 bits per heavy atom. The highest BCUT2D eigenvalue weighted by Gasteiger charge is 2.09. The van der Waals surface area contributed by atoms with Gasteiger partial charge in [-0.25, -0.2) is 0 Å². The van der Waals surface area contributed by atoms with Crippen molar-refractivity contribution in [1.82, 2.24) is 9.78 Å². The molecule has 1 rings (SSSR count). The Morgan fingerprint density at radius 1 is 1.33 bits per heavy atom. The summed E-state index contributed by atoms with van der Waals surface area (Å²) in [6.07, 6.45) is 4.15. The van der Waals surface area contributed by atoms with Crippen LogP contribution in [0.25, 0.3) is 0 Å². The molecule has 1 aromatic heterocycles. The van der Waals surface area contributed by atoms with E-state index in [1.54, 1.807) is 0 Å². The quantitative estimate of drug-likeness (QED) is 0.809. The molecule has 0 aliphatic rings. The molecule has 0 saturated heterocycles. The van der Waals surface area contributed by atoms with Crippen LogP contribution in [0.1, 0.15) is 45.9 Å². The summed E-state index contributed by atoms with van der Waals surface area (Å²) in [5.74, 6) is 0.612. The molecule has 0 radical (unpaired) electrons. The van der Waals surface area contributed by atoms with E-state index in [9.17, 15) is 0 Å². The summed E-state index contributed by atoms with van der Waals surface area (Å²) in [5, 5.41) is 4.53. The Kier molecular flexibility index (Phi) is 4.33. The van der Waals surface area contributed by atoms with Crippen LogP contribution in [0.5, 0.6) is 0 Å². The van der Waals surface area contributed by atoms with Gasteiger partial charge in [-0.2, -0.15) is 5.10 Å². The SMILES string of the molecule is CC(N)CC(C)Cc1ccn(C(C)C)n1. The highest BCUT2D eigenvalue weighted by atomic mass is 15.3. The second-order valence-corrected chi connectivity index (χ2v) is 4.90. The van der Waals surface area contributed by atoms with E-state index in [-0.39, 0.29) is 6.04 Å². The molecule has 0 bridgehead atoms. The van der Waals surface area contributed by atoms with Crippen molar-refractivity contribution in [2.45, 2.75) is 52.6 Å². The molecule has 2 N–H and O–H groups in total. The maximum absolute atomic E-state index is 5.77. The van der Waals surface area contributed by atoms with Crippen molar-refractivity contribution in [2.75, 3.05) is 0 Å². The molecule has 2 atom stereocenters. The predicted octanol–water partition coefficient (Wildman–Crippen LogP) is 2.38. The molecule has 0 aliphatic heterocycles. The summed E-state index contributed by atoms with van der Waals surface area (Å²) >= 11 is 0. The molecule has 3 heteroatoms. The molecule has 0 fully saturated rings. The van der Waals surface area contributed by atoms with Gasteiger partial charge < -0.3 is 5.73 Å². The minimum atomic E-state index is 0.284. The van der Waals surface area contributed by atoms with Gasteiger partial charge in [0.15, 0.2) is 0 Å². The van der Waals surface area contributed by atoms with Crippen molar-refractivity contribution in [3.63, 3.8) is 0 Å². The Labute approximate surface area is 92.7 Å². The third kappa shape index (κ3) is 4.04. The van der Waals surface area contributed by atoms with Crippen molar-refractivity contribution in [3.05, 3.63) is 18.0 Å². The molecule has 15 heavy (non-hydrogen) atoms. The maximum atomic E-state index is 5.77. The summed E-state index contributed by atoms with van der Waals surface area (Å²) in [5.41, 5.74) is 6.95. The van der Waals surface area contributed by atoms with Crippen LogP contribution in [-0.2, 0) is 6.42 Å². The normalized spacial score (nSPS) is 15.6. The van der Waals surface area contributed by atoms with Crippen LogP contribution >= 0.6 is 0 Å². The van der Waals surface area contributed by atoms with Gasteiger partial charge in [0.25, 0.3) is 0 Å². The van der Waals surface area contributed by atoms with Gasteiger partial charge in [0.1, 0.15) is 0 Å². The monoisotopic (exact) mass is 209 g/mol. The van der Waals surface area contributed by atoms with Crippen molar-refractivity contribution >= 4 is 0 Å². The van der Waals surface area contributed by atoms with E-state index in [1.807, 2.05) is 4.68 Å². The molecular formula is C12H23N3. The number of nitrogens with zero attached hydrogens (tertiary/aromatic N) is 2. The first kappa shape index (κ1) is 12.2. The minimum absolute atomic E-state index is 0.284. The van der Waals surface area contributed by atoms with Crippen molar-refractivity contribution in [1.29, 1.82) is 0 Å². The lowest BCUT2D eigenvalue weighted by atomic mass is 9.98. The van der Waals surface area contributed by atoms with Gasteiger partial charge in [-0.1, -0.05) is 6.92 Å². The molecule has 1 heterocycles. The van der Waals surface area contributed by atoms with Crippen LogP contribution in [0.3, 0.4) is 0 Å². The zero-order chi connectivity index (χ0) is 11.4. The number of aromatic nitrogens is 2. The second-order valence-electron chi connectivity index (χ2n) is 4.90. The highest BCUT2D eigenvalue weighted by molar-refractivity contribution is 5.00. The average molecular weight is 209 g/mol. The van der Waals surface area contributed by atoms with Crippen LogP contribution in [0.4, 0.5) is 0 Å². The van der Waals surface area contributed by atoms with E-state index in [4.69, 9.17) is 5.73 Å². The lowest BCUT2D eigenvalue weighted by Crippen LogP contribution is -2.19. The number of nitrogens with two attached hydrogens (primary N) is 1. The van der Waals surface area contributed by atoms with E-state index in [2.05, 4.69) is 45.1 Å². The smallest absolute Gasteiger partial charge is 0.0627 e. The fourth-order valence-electron chi connectivity index (χ4n) is 1.85. The van der Waals surface area contributed by atoms with Crippen molar-refractivity contribution in [3.8, 4) is 0 Å². The van der Waals surface area contributed by atoms with E-state index in [0.717, 1.165) is 12.8 Å². The maximum Gasteiger partial charge on any atom is 0.0627 e. The molecule has 0 aromatic carbocycles. The van der Waals surface area contributed by atoms with Crippen molar-refractivity contribution in [2.24, 2.45) is 11.7 Å². The first-order valence-electron chi connectivity index (χ1n) is 5.78. The molecule has 0 amide bonds. The zero-order valence-electron chi connectivity index (χ0n) is 10.3. The van der Waals surface area contributed by atoms with Gasteiger partial charge >= 0.3 is 0 Å². The number of hydrogen-bond acceptors (Lipinski definition) is 2. The average Bonchev–Trinajstić information content (AvgIpc) is 2.50. The van der Waals surface area contributed by atoms with Gasteiger partial charge in [0, 0.05) is 18.3 Å². The fraction of sp³-hybridized carbons (Fsp3) is 0.750. The molecule has 1 aromatic rings. The predicted molar refractivity (Wildman–Crippen MR) is 63.7 cm³/mol. The zero-order valence-corrected chi connectivity index (χ0v) is 10.3. The Balaban J connectivity index is 2.49. The van der Waals surface area contributed by atoms with Crippen LogP contribution in [-0.4, -0.2) is 15.8 Å². The fourth-order valence-corrected chi connectivity index (χ4v) is 1.85. The molecular weight excluding hydrogens is 186 g/mol. The molecule has 0 saturated carbocycles. The standard InChI is InChI=1S/C12H23N3/c1-9(2)15-6-5-12(14-15)8-10(3)7-11(4)13/h5-6,9-11H,7-8,13H2,1-4H3. The van der Waals surface area contributed by atoms with E-state index in [0.29, 0.717) is 12.0 Å². The number of hydrogen-bond donors (Lipinski definition) is 1. The van der Waals surface area contributed by atoms with Gasteiger partial charge in [0.2, 0.25) is 0 Å². The van der Waals surface area contributed by atoms with E-state index >= 15 is 0 Å². The molecule has 0 aliphatic carbocycles. The van der Waals surface area contributed by atoms with Crippen LogP contribution < -0.4 is 5.73 Å². The van der Waals surface area contributed by atoms with Crippen molar-refractivity contribution < 1.29 is 0 Å². The Morgan fingerprint density at radius 3 is 2.47 bits per heavy atom. The van der Waals surface area contributed by atoms with Crippen LogP contribution in [0.2, 0.25) is 0 Å². The largest absolute Gasteiger partial charge is 0.328 e. The van der Waals surface area contributed by atoms with E-state index in [1.165, 1.54) is 5.69 Å². The third-order valence-electron chi connectivity index (χ3n) is 2.52. The summed E-state index contributed by atoms with van der Waals surface area (Å²) < 4.78 is 2.01. The van der Waals surface area contributed by atoms with Gasteiger partial charge in [-0.3, -0.25) is 4.68 Å². The van der Waals surface area contributed by atoms with Crippen LogP contribution in [0.15, 0.2) is 12.3 Å². The van der Waals surface area contributed by atoms with Gasteiger partial charge in [0.05, 0.1) is 5.69 Å². The first-order valence-corrected chi connectivity index (χ1v) is 5.78. The summed E-state index contributed by atoms with van der Waals surface area (Å²) in [7, 11) is 0. The Bertz CT molecular complexity index is 289. The van der Waals surface area contributed by atoms with Gasteiger partial charge in [-0.05, 0) is 45.6 Å². The number of rotatable bonds is 5. The lowest BCUT2D eigenvalue weighted by Gasteiger charge is -2.12. The summed E-state index contributed by atoms with van der Waals surface area (Å²) in [4.78, 5) is 0. The molecule has 3 nitrogen and oxygen atoms in total. The van der Waals surface area contributed by atoms with Gasteiger partial charge in [-0.15, -0.1) is 0 Å². The van der Waals surface area contributed by atoms with Crippen LogP contribution in [0, 0.1) is 5.92 Å². The first-order chi connectivity index (χ1) is 6.99. The molecule has 0 spiro atoms. The van der Waals surface area contributed by atoms with E-state index < -0.39 is 0 Å². The Hall–Kier alpha value is -0.830. The molecule has 86 valence electrons. The lowest BCUT2D eigenvalue weighted by molar-refractivity contribution is 0.465. The summed E-state index contributed by atoms with van der Waals surface area (Å²) in [6.45, 7) is 8.57. The second kappa shape index (κ2) is 5.31. The third-order valence-corrected chi connectivity index (χ3v) is 2.52. The molecule has 2 unspecified atom stereocenters. The highest BCUT2D eigenvalue weighted by Crippen LogP contribution is 2.12. The topological polar surface area (TPSA) is 43.8 Å². The minimum Gasteiger partial charge on any atom is -0.328 e. The summed E-state index contributed by atoms with van der Waals surface area (Å²) in [6, 6.07) is 2.84.